The first-order valence-corrected chi connectivity index (χ1v) is 6.76. The zero-order chi connectivity index (χ0) is 13.4. The second kappa shape index (κ2) is 4.95. The molecule has 0 saturated heterocycles. The molecule has 3 rings (SSSR count). The quantitative estimate of drug-likeness (QED) is 0.879. The van der Waals surface area contributed by atoms with Crippen molar-refractivity contribution in [2.24, 2.45) is 0 Å². The van der Waals surface area contributed by atoms with Crippen LogP contribution in [-0.2, 0) is 0 Å². The maximum atomic E-state index is 13.8. The van der Waals surface area contributed by atoms with Crippen LogP contribution in [0.5, 0.6) is 0 Å². The Bertz CT molecular complexity index is 590. The molecule has 2 aromatic carbocycles. The maximum absolute atomic E-state index is 13.8. The van der Waals surface area contributed by atoms with E-state index in [1.807, 2.05) is 24.3 Å². The normalized spacial score (nSPS) is 16.4. The van der Waals surface area contributed by atoms with E-state index < -0.39 is 11.9 Å². The fraction of sp³-hybridized carbons (Fsp3) is 0.250. The van der Waals surface area contributed by atoms with E-state index in [2.05, 4.69) is 0 Å². The molecule has 1 N–H and O–H groups in total. The predicted molar refractivity (Wildman–Crippen MR) is 73.9 cm³/mol. The van der Waals surface area contributed by atoms with Gasteiger partial charge in [-0.25, -0.2) is 4.39 Å². The lowest BCUT2D eigenvalue weighted by Gasteiger charge is -2.13. The van der Waals surface area contributed by atoms with Crippen molar-refractivity contribution < 1.29 is 9.50 Å². The molecule has 0 aromatic heterocycles. The largest absolute Gasteiger partial charge is 0.384 e. The molecule has 0 aliphatic heterocycles. The molecule has 0 heterocycles. The summed E-state index contributed by atoms with van der Waals surface area (Å²) in [4.78, 5) is 0. The molecule has 98 valence electrons. The third kappa shape index (κ3) is 2.65. The van der Waals surface area contributed by atoms with Crippen LogP contribution in [0, 0.1) is 5.82 Å². The summed E-state index contributed by atoms with van der Waals surface area (Å²) in [6, 6.07) is 12.1. The first kappa shape index (κ1) is 12.6. The Labute approximate surface area is 116 Å². The molecule has 1 aliphatic rings. The van der Waals surface area contributed by atoms with Crippen LogP contribution in [0.25, 0.3) is 0 Å². The summed E-state index contributed by atoms with van der Waals surface area (Å²) >= 11 is 5.71. The van der Waals surface area contributed by atoms with E-state index in [1.54, 1.807) is 6.07 Å². The topological polar surface area (TPSA) is 20.2 Å². The van der Waals surface area contributed by atoms with Gasteiger partial charge in [-0.15, -0.1) is 0 Å². The predicted octanol–water partition coefficient (Wildman–Crippen LogP) is 4.44. The van der Waals surface area contributed by atoms with E-state index in [-0.39, 0.29) is 5.56 Å². The minimum Gasteiger partial charge on any atom is -0.384 e. The van der Waals surface area contributed by atoms with E-state index in [4.69, 9.17) is 11.6 Å². The Balaban J connectivity index is 1.87. The molecule has 1 aliphatic carbocycles. The molecule has 3 heteroatoms. The molecule has 0 bridgehead atoms. The van der Waals surface area contributed by atoms with Gasteiger partial charge in [0.2, 0.25) is 0 Å². The lowest BCUT2D eigenvalue weighted by molar-refractivity contribution is 0.215. The summed E-state index contributed by atoms with van der Waals surface area (Å²) in [6.45, 7) is 0. The van der Waals surface area contributed by atoms with Crippen LogP contribution in [-0.4, -0.2) is 5.11 Å². The highest BCUT2D eigenvalue weighted by Gasteiger charge is 2.23. The van der Waals surface area contributed by atoms with E-state index in [0.29, 0.717) is 16.5 Å². The van der Waals surface area contributed by atoms with Gasteiger partial charge in [0.05, 0.1) is 0 Å². The van der Waals surface area contributed by atoms with Crippen LogP contribution in [0.4, 0.5) is 4.39 Å². The van der Waals surface area contributed by atoms with Crippen LogP contribution >= 0.6 is 11.6 Å². The summed E-state index contributed by atoms with van der Waals surface area (Å²) in [7, 11) is 0. The SMILES string of the molecule is OC(c1ccc(C2CC2)cc1)c1ccc(Cl)cc1F. The smallest absolute Gasteiger partial charge is 0.130 e. The Morgan fingerprint density at radius 2 is 1.79 bits per heavy atom. The van der Waals surface area contributed by atoms with Crippen molar-refractivity contribution in [1.82, 2.24) is 0 Å². The van der Waals surface area contributed by atoms with Gasteiger partial charge >= 0.3 is 0 Å². The Morgan fingerprint density at radius 1 is 1.11 bits per heavy atom. The molecular weight excluding hydrogens is 263 g/mol. The van der Waals surface area contributed by atoms with Crippen molar-refractivity contribution in [2.75, 3.05) is 0 Å². The Kier molecular flexibility index (Phi) is 3.29. The molecule has 1 saturated carbocycles. The molecule has 0 radical (unpaired) electrons. The molecule has 1 nitrogen and oxygen atoms in total. The van der Waals surface area contributed by atoms with Gasteiger partial charge in [0.15, 0.2) is 0 Å². The molecule has 1 atom stereocenters. The van der Waals surface area contributed by atoms with Crippen molar-refractivity contribution in [2.45, 2.75) is 24.9 Å². The Morgan fingerprint density at radius 3 is 2.37 bits per heavy atom. The maximum Gasteiger partial charge on any atom is 0.130 e. The zero-order valence-electron chi connectivity index (χ0n) is 10.3. The van der Waals surface area contributed by atoms with Gasteiger partial charge in [0.1, 0.15) is 11.9 Å². The highest BCUT2D eigenvalue weighted by molar-refractivity contribution is 6.30. The van der Waals surface area contributed by atoms with E-state index in [0.717, 1.165) is 0 Å². The summed E-state index contributed by atoms with van der Waals surface area (Å²) in [5.74, 6) is 0.199. The second-order valence-electron chi connectivity index (χ2n) is 5.01. The van der Waals surface area contributed by atoms with E-state index >= 15 is 0 Å². The van der Waals surface area contributed by atoms with Crippen LogP contribution in [0.15, 0.2) is 42.5 Å². The average molecular weight is 277 g/mol. The van der Waals surface area contributed by atoms with Crippen molar-refractivity contribution in [3.8, 4) is 0 Å². The van der Waals surface area contributed by atoms with Crippen molar-refractivity contribution in [1.29, 1.82) is 0 Å². The standard InChI is InChI=1S/C16H14ClFO/c17-13-7-8-14(15(18)9-13)16(19)12-5-3-11(4-6-12)10-1-2-10/h3-10,16,19H,1-2H2. The molecular formula is C16H14ClFO. The molecule has 0 amide bonds. The Hall–Kier alpha value is -1.38. The van der Waals surface area contributed by atoms with Crippen LogP contribution in [0.2, 0.25) is 5.02 Å². The van der Waals surface area contributed by atoms with Crippen molar-refractivity contribution in [3.05, 3.63) is 70.0 Å². The summed E-state index contributed by atoms with van der Waals surface area (Å²) in [6.07, 6.45) is 1.53. The van der Waals surface area contributed by atoms with E-state index in [9.17, 15) is 9.50 Å². The first-order chi connectivity index (χ1) is 9.15. The highest BCUT2D eigenvalue weighted by Crippen LogP contribution is 2.40. The fourth-order valence-corrected chi connectivity index (χ4v) is 2.43. The lowest BCUT2D eigenvalue weighted by Crippen LogP contribution is -2.02. The first-order valence-electron chi connectivity index (χ1n) is 6.38. The number of aliphatic hydroxyl groups excluding tert-OH is 1. The molecule has 19 heavy (non-hydrogen) atoms. The molecule has 0 spiro atoms. The van der Waals surface area contributed by atoms with Gasteiger partial charge in [0.25, 0.3) is 0 Å². The van der Waals surface area contributed by atoms with Crippen LogP contribution in [0.3, 0.4) is 0 Å². The van der Waals surface area contributed by atoms with Crippen molar-refractivity contribution >= 4 is 11.6 Å². The molecule has 1 unspecified atom stereocenters. The van der Waals surface area contributed by atoms with Crippen molar-refractivity contribution in [3.63, 3.8) is 0 Å². The minimum atomic E-state index is -0.953. The number of hydrogen-bond acceptors (Lipinski definition) is 1. The third-order valence-corrected chi connectivity index (χ3v) is 3.79. The van der Waals surface area contributed by atoms with Gasteiger partial charge in [-0.1, -0.05) is 41.9 Å². The van der Waals surface area contributed by atoms with Gasteiger partial charge in [-0.05, 0) is 42.0 Å². The lowest BCUT2D eigenvalue weighted by atomic mass is 9.99. The minimum absolute atomic E-state index is 0.253. The van der Waals surface area contributed by atoms with E-state index in [1.165, 1.54) is 30.5 Å². The van der Waals surface area contributed by atoms with Gasteiger partial charge in [-0.3, -0.25) is 0 Å². The van der Waals surface area contributed by atoms with Crippen LogP contribution < -0.4 is 0 Å². The zero-order valence-corrected chi connectivity index (χ0v) is 11.1. The van der Waals surface area contributed by atoms with Gasteiger partial charge in [-0.2, -0.15) is 0 Å². The monoisotopic (exact) mass is 276 g/mol. The van der Waals surface area contributed by atoms with Gasteiger partial charge in [0, 0.05) is 10.6 Å². The summed E-state index contributed by atoms with van der Waals surface area (Å²) < 4.78 is 13.8. The summed E-state index contributed by atoms with van der Waals surface area (Å²) in [5, 5.41) is 10.6. The number of halogens is 2. The second-order valence-corrected chi connectivity index (χ2v) is 5.45. The number of aliphatic hydroxyl groups is 1. The number of hydrogen-bond donors (Lipinski definition) is 1. The summed E-state index contributed by atoms with van der Waals surface area (Å²) in [5.41, 5.74) is 2.25. The molecule has 1 fully saturated rings. The average Bonchev–Trinajstić information content (AvgIpc) is 3.22. The third-order valence-electron chi connectivity index (χ3n) is 3.56. The van der Waals surface area contributed by atoms with Crippen LogP contribution in [0.1, 0.15) is 41.6 Å². The van der Waals surface area contributed by atoms with Gasteiger partial charge < -0.3 is 5.11 Å². The number of benzene rings is 2. The highest BCUT2D eigenvalue weighted by atomic mass is 35.5. The number of rotatable bonds is 3. The molecule has 2 aromatic rings. The fourth-order valence-electron chi connectivity index (χ4n) is 2.27.